The van der Waals surface area contributed by atoms with E-state index in [1.54, 1.807) is 0 Å². The number of furan rings is 1. The molecule has 0 fully saturated rings. The molecule has 0 bridgehead atoms. The lowest BCUT2D eigenvalue weighted by Crippen LogP contribution is -1.92. The Morgan fingerprint density at radius 1 is 0.255 bits per heavy atom. The van der Waals surface area contributed by atoms with Crippen LogP contribution in [-0.2, 0) is 0 Å². The number of fused-ring (bicyclic) bond motifs is 6. The minimum absolute atomic E-state index is 0.903. The first-order valence-electron chi connectivity index (χ1n) is 18.9. The van der Waals surface area contributed by atoms with Gasteiger partial charge >= 0.3 is 0 Å². The largest absolute Gasteiger partial charge is 0.456 e. The van der Waals surface area contributed by atoms with Crippen LogP contribution in [0.4, 0.5) is 0 Å². The fourth-order valence-corrected chi connectivity index (χ4v) is 8.83. The van der Waals surface area contributed by atoms with Crippen molar-refractivity contribution in [3.05, 3.63) is 206 Å². The van der Waals surface area contributed by atoms with Crippen LogP contribution in [-0.4, -0.2) is 0 Å². The predicted octanol–water partition coefficient (Wildman–Crippen LogP) is 15.4. The summed E-state index contributed by atoms with van der Waals surface area (Å²) in [4.78, 5) is 0. The zero-order valence-corrected chi connectivity index (χ0v) is 30.0. The molecule has 0 amide bonds. The van der Waals surface area contributed by atoms with Crippen molar-refractivity contribution in [2.75, 3.05) is 0 Å². The van der Waals surface area contributed by atoms with E-state index in [-0.39, 0.29) is 0 Å². The van der Waals surface area contributed by atoms with E-state index in [4.69, 9.17) is 4.42 Å². The topological polar surface area (TPSA) is 13.1 Å². The molecule has 0 spiro atoms. The van der Waals surface area contributed by atoms with Crippen molar-refractivity contribution in [3.63, 3.8) is 0 Å². The van der Waals surface area contributed by atoms with Crippen LogP contribution in [0.2, 0.25) is 0 Å². The second-order valence-electron chi connectivity index (χ2n) is 14.4. The number of hydrogen-bond donors (Lipinski definition) is 0. The van der Waals surface area contributed by atoms with Gasteiger partial charge in [-0.2, -0.15) is 0 Å². The lowest BCUT2D eigenvalue weighted by Gasteiger charge is -2.19. The van der Waals surface area contributed by atoms with E-state index < -0.39 is 0 Å². The Balaban J connectivity index is 1.14. The minimum atomic E-state index is 0.903. The van der Waals surface area contributed by atoms with E-state index in [9.17, 15) is 0 Å². The molecule has 1 nitrogen and oxygen atoms in total. The number of benzene rings is 10. The summed E-state index contributed by atoms with van der Waals surface area (Å²) < 4.78 is 6.36. The minimum Gasteiger partial charge on any atom is -0.456 e. The summed E-state index contributed by atoms with van der Waals surface area (Å²) in [5, 5.41) is 9.78. The molecule has 0 saturated heterocycles. The second kappa shape index (κ2) is 12.7. The van der Waals surface area contributed by atoms with Crippen LogP contribution < -0.4 is 0 Å². The molecule has 1 heterocycles. The van der Waals surface area contributed by atoms with Gasteiger partial charge in [0.2, 0.25) is 0 Å². The van der Waals surface area contributed by atoms with Gasteiger partial charge in [-0.05, 0) is 101 Å². The molecule has 0 unspecified atom stereocenters. The smallest absolute Gasteiger partial charge is 0.136 e. The van der Waals surface area contributed by atoms with Gasteiger partial charge in [0.25, 0.3) is 0 Å². The maximum Gasteiger partial charge on any atom is 0.136 e. The maximum absolute atomic E-state index is 6.36. The fourth-order valence-electron chi connectivity index (χ4n) is 8.83. The van der Waals surface area contributed by atoms with E-state index in [0.717, 1.165) is 21.9 Å². The Bertz CT molecular complexity index is 3220. The van der Waals surface area contributed by atoms with E-state index in [2.05, 4.69) is 200 Å². The molecule has 0 atom stereocenters. The summed E-state index contributed by atoms with van der Waals surface area (Å²) in [5.41, 5.74) is 13.9. The van der Waals surface area contributed by atoms with Crippen LogP contribution in [0.1, 0.15) is 0 Å². The van der Waals surface area contributed by atoms with E-state index in [1.165, 1.54) is 88.0 Å². The van der Waals surface area contributed by atoms with Crippen molar-refractivity contribution >= 4 is 54.3 Å². The van der Waals surface area contributed by atoms with E-state index in [1.807, 2.05) is 6.07 Å². The Hall–Kier alpha value is -7.22. The summed E-state index contributed by atoms with van der Waals surface area (Å²) >= 11 is 0. The van der Waals surface area contributed by atoms with Gasteiger partial charge in [-0.1, -0.05) is 188 Å². The summed E-state index contributed by atoms with van der Waals surface area (Å²) in [6, 6.07) is 74.8. The van der Waals surface area contributed by atoms with Crippen molar-refractivity contribution in [1.29, 1.82) is 0 Å². The van der Waals surface area contributed by atoms with Gasteiger partial charge in [-0.3, -0.25) is 0 Å². The highest BCUT2D eigenvalue weighted by Crippen LogP contribution is 2.47. The van der Waals surface area contributed by atoms with Gasteiger partial charge in [0, 0.05) is 16.3 Å². The molecule has 11 aromatic rings. The molecule has 0 N–H and O–H groups in total. The summed E-state index contributed by atoms with van der Waals surface area (Å²) in [7, 11) is 0. The van der Waals surface area contributed by atoms with Gasteiger partial charge in [0.05, 0.1) is 0 Å². The van der Waals surface area contributed by atoms with Crippen molar-refractivity contribution in [1.82, 2.24) is 0 Å². The van der Waals surface area contributed by atoms with Crippen LogP contribution in [0.15, 0.2) is 211 Å². The van der Waals surface area contributed by atoms with Crippen molar-refractivity contribution in [2.24, 2.45) is 0 Å². The Kier molecular flexibility index (Phi) is 7.25. The number of rotatable bonds is 5. The molecular weight excluding hydrogens is 665 g/mol. The number of hydrogen-bond acceptors (Lipinski definition) is 1. The molecule has 11 rings (SSSR count). The SMILES string of the molecule is c1ccc(-c2c3ccccc3c(-c3ccc(-c4ccc5oc6ccccc6c5c4-c4ccccc4)cc3)c3ccc(-c4cccc5ccccc45)cc23)cc1. The molecule has 0 aliphatic rings. The Morgan fingerprint density at radius 3 is 1.53 bits per heavy atom. The van der Waals surface area contributed by atoms with Gasteiger partial charge < -0.3 is 4.42 Å². The zero-order valence-electron chi connectivity index (χ0n) is 30.0. The fraction of sp³-hybridized carbons (Fsp3) is 0. The standard InChI is InChI=1S/C54H34O/c1-3-15-37(16-4-1)52-45-22-10-9-21-44(45)51(46-31-30-40(34-48(46)52)42-24-13-19-35-14-7-8-20-41(35)42)39-28-26-36(27-29-39)43-32-33-50-54(47-23-11-12-25-49(47)55-50)53(43)38-17-5-2-6-18-38/h1-34H. The van der Waals surface area contributed by atoms with Crippen LogP contribution in [0.3, 0.4) is 0 Å². The first-order valence-corrected chi connectivity index (χ1v) is 18.9. The third-order valence-corrected chi connectivity index (χ3v) is 11.3. The second-order valence-corrected chi connectivity index (χ2v) is 14.4. The average molecular weight is 699 g/mol. The van der Waals surface area contributed by atoms with Crippen molar-refractivity contribution in [2.45, 2.75) is 0 Å². The van der Waals surface area contributed by atoms with Gasteiger partial charge in [-0.25, -0.2) is 0 Å². The highest BCUT2D eigenvalue weighted by molar-refractivity contribution is 6.22. The molecule has 256 valence electrons. The Morgan fingerprint density at radius 2 is 0.782 bits per heavy atom. The van der Waals surface area contributed by atoms with Crippen molar-refractivity contribution in [3.8, 4) is 55.6 Å². The van der Waals surface area contributed by atoms with Gasteiger partial charge in [0.1, 0.15) is 11.2 Å². The average Bonchev–Trinajstić information content (AvgIpc) is 3.64. The third-order valence-electron chi connectivity index (χ3n) is 11.3. The maximum atomic E-state index is 6.36. The van der Waals surface area contributed by atoms with Gasteiger partial charge in [-0.15, -0.1) is 0 Å². The summed E-state index contributed by atoms with van der Waals surface area (Å²) in [6.45, 7) is 0. The van der Waals surface area contributed by atoms with Crippen LogP contribution in [0, 0.1) is 0 Å². The van der Waals surface area contributed by atoms with Gasteiger partial charge in [0.15, 0.2) is 0 Å². The molecule has 0 aliphatic carbocycles. The van der Waals surface area contributed by atoms with Crippen LogP contribution in [0.5, 0.6) is 0 Å². The highest BCUT2D eigenvalue weighted by Gasteiger charge is 2.20. The van der Waals surface area contributed by atoms with Crippen LogP contribution >= 0.6 is 0 Å². The summed E-state index contributed by atoms with van der Waals surface area (Å²) in [6.07, 6.45) is 0. The summed E-state index contributed by atoms with van der Waals surface area (Å²) in [5.74, 6) is 0. The zero-order chi connectivity index (χ0) is 36.3. The lowest BCUT2D eigenvalue weighted by atomic mass is 9.84. The van der Waals surface area contributed by atoms with Crippen molar-refractivity contribution < 1.29 is 4.42 Å². The molecule has 10 aromatic carbocycles. The van der Waals surface area contributed by atoms with E-state index >= 15 is 0 Å². The molecular formula is C54H34O. The molecule has 1 heteroatoms. The molecule has 0 radical (unpaired) electrons. The third kappa shape index (κ3) is 5.09. The van der Waals surface area contributed by atoms with E-state index in [0.29, 0.717) is 0 Å². The lowest BCUT2D eigenvalue weighted by molar-refractivity contribution is 0.669. The quantitative estimate of drug-likeness (QED) is 0.163. The molecule has 55 heavy (non-hydrogen) atoms. The number of para-hydroxylation sites is 1. The first kappa shape index (κ1) is 31.3. The molecule has 0 saturated carbocycles. The molecule has 1 aromatic heterocycles. The molecule has 0 aliphatic heterocycles. The first-order chi connectivity index (χ1) is 27.3. The highest BCUT2D eigenvalue weighted by atomic mass is 16.3. The monoisotopic (exact) mass is 698 g/mol. The predicted molar refractivity (Wildman–Crippen MR) is 233 cm³/mol. The van der Waals surface area contributed by atoms with Crippen LogP contribution in [0.25, 0.3) is 110 Å². The normalized spacial score (nSPS) is 11.6. The Labute approximate surface area is 319 Å².